The van der Waals surface area contributed by atoms with Gasteiger partial charge in [0.1, 0.15) is 0 Å². The van der Waals surface area contributed by atoms with Crippen molar-refractivity contribution >= 4 is 15.7 Å². The van der Waals surface area contributed by atoms with E-state index >= 15 is 0 Å². The normalized spacial score (nSPS) is 33.0. The summed E-state index contributed by atoms with van der Waals surface area (Å²) in [6.45, 7) is 0.920. The molecule has 1 aliphatic carbocycles. The number of nitrogens with one attached hydrogen (secondary N) is 1. The Bertz CT molecular complexity index is 430. The summed E-state index contributed by atoms with van der Waals surface area (Å²) < 4.78 is 28.3. The van der Waals surface area contributed by atoms with E-state index in [0.717, 1.165) is 25.7 Å². The quantitative estimate of drug-likeness (QED) is 0.687. The molecule has 0 bridgehead atoms. The van der Waals surface area contributed by atoms with Crippen LogP contribution in [0.2, 0.25) is 0 Å². The highest BCUT2D eigenvalue weighted by Gasteiger charge is 2.32. The van der Waals surface area contributed by atoms with Crippen molar-refractivity contribution in [2.24, 2.45) is 11.7 Å². The summed E-state index contributed by atoms with van der Waals surface area (Å²) in [4.78, 5) is 11.8. The van der Waals surface area contributed by atoms with E-state index in [1.807, 2.05) is 0 Å². The smallest absolute Gasteiger partial charge is 0.224 e. The van der Waals surface area contributed by atoms with Crippen molar-refractivity contribution < 1.29 is 17.9 Å². The zero-order valence-corrected chi connectivity index (χ0v) is 12.5. The molecule has 1 unspecified atom stereocenters. The summed E-state index contributed by atoms with van der Waals surface area (Å²) >= 11 is 0. The third kappa shape index (κ3) is 4.71. The highest BCUT2D eigenvalue weighted by molar-refractivity contribution is 7.91. The van der Waals surface area contributed by atoms with Crippen molar-refractivity contribution in [1.82, 2.24) is 5.32 Å². The van der Waals surface area contributed by atoms with Crippen LogP contribution in [0.4, 0.5) is 0 Å². The van der Waals surface area contributed by atoms with Crippen LogP contribution in [-0.2, 0) is 19.4 Å². The van der Waals surface area contributed by atoms with Gasteiger partial charge >= 0.3 is 0 Å². The van der Waals surface area contributed by atoms with Crippen LogP contribution in [-0.4, -0.2) is 51.1 Å². The van der Waals surface area contributed by atoms with Crippen molar-refractivity contribution in [3.63, 3.8) is 0 Å². The summed E-state index contributed by atoms with van der Waals surface area (Å²) in [5.41, 5.74) is 5.82. The van der Waals surface area contributed by atoms with Crippen molar-refractivity contribution in [2.75, 3.05) is 24.7 Å². The van der Waals surface area contributed by atoms with Crippen LogP contribution >= 0.6 is 0 Å². The predicted octanol–water partition coefficient (Wildman–Crippen LogP) is -0.176. The minimum absolute atomic E-state index is 0.0137. The number of hydrogen-bond donors (Lipinski definition) is 2. The maximum absolute atomic E-state index is 11.8. The fraction of sp³-hybridized carbons (Fsp3) is 0.923. The highest BCUT2D eigenvalue weighted by Crippen LogP contribution is 2.20. The van der Waals surface area contributed by atoms with Gasteiger partial charge in [0.2, 0.25) is 5.91 Å². The average molecular weight is 304 g/mol. The van der Waals surface area contributed by atoms with E-state index in [2.05, 4.69) is 5.32 Å². The van der Waals surface area contributed by atoms with E-state index in [1.54, 1.807) is 0 Å². The van der Waals surface area contributed by atoms with E-state index in [0.29, 0.717) is 25.6 Å². The Morgan fingerprint density at radius 3 is 2.50 bits per heavy atom. The molecule has 7 heteroatoms. The van der Waals surface area contributed by atoms with Crippen LogP contribution in [0.25, 0.3) is 0 Å². The Kier molecular flexibility index (Phi) is 5.40. The highest BCUT2D eigenvalue weighted by atomic mass is 32.2. The van der Waals surface area contributed by atoms with Gasteiger partial charge in [0.05, 0.1) is 30.1 Å². The lowest BCUT2D eigenvalue weighted by Crippen LogP contribution is -2.35. The van der Waals surface area contributed by atoms with Gasteiger partial charge in [-0.3, -0.25) is 4.79 Å². The lowest BCUT2D eigenvalue weighted by molar-refractivity contribution is -0.124. The number of sulfone groups is 1. The summed E-state index contributed by atoms with van der Waals surface area (Å²) in [7, 11) is -3.00. The van der Waals surface area contributed by atoms with Crippen LogP contribution in [0.1, 0.15) is 32.1 Å². The van der Waals surface area contributed by atoms with Crippen LogP contribution in [0.5, 0.6) is 0 Å². The van der Waals surface area contributed by atoms with Crippen molar-refractivity contribution in [2.45, 2.75) is 44.2 Å². The molecule has 20 heavy (non-hydrogen) atoms. The molecule has 1 aliphatic heterocycles. The first kappa shape index (κ1) is 15.7. The Morgan fingerprint density at radius 1 is 1.20 bits per heavy atom. The van der Waals surface area contributed by atoms with E-state index in [4.69, 9.17) is 10.5 Å². The Labute approximate surface area is 120 Å². The standard InChI is InChI=1S/C13H24N2O4S/c14-11-1-3-12(4-2-11)19-7-6-15-13(16)10-5-8-20(17,18)9-10/h10-12H,1-9,14H2,(H,15,16). The second-order valence-corrected chi connectivity index (χ2v) is 8.03. The molecule has 0 aromatic rings. The fourth-order valence-electron chi connectivity index (χ4n) is 2.80. The molecule has 0 aromatic carbocycles. The first-order valence-electron chi connectivity index (χ1n) is 7.31. The number of nitrogens with two attached hydrogens (primary N) is 1. The minimum atomic E-state index is -3.00. The van der Waals surface area contributed by atoms with E-state index in [9.17, 15) is 13.2 Å². The molecule has 3 N–H and O–H groups in total. The van der Waals surface area contributed by atoms with Gasteiger partial charge in [-0.05, 0) is 32.1 Å². The molecule has 1 saturated heterocycles. The van der Waals surface area contributed by atoms with Crippen LogP contribution in [0.15, 0.2) is 0 Å². The molecule has 1 atom stereocenters. The fourth-order valence-corrected chi connectivity index (χ4v) is 4.54. The van der Waals surface area contributed by atoms with Gasteiger partial charge < -0.3 is 15.8 Å². The molecule has 1 heterocycles. The zero-order chi connectivity index (χ0) is 14.6. The Morgan fingerprint density at radius 2 is 1.90 bits per heavy atom. The first-order chi connectivity index (χ1) is 9.46. The molecule has 2 aliphatic rings. The van der Waals surface area contributed by atoms with Crippen LogP contribution in [0, 0.1) is 5.92 Å². The van der Waals surface area contributed by atoms with E-state index < -0.39 is 9.84 Å². The average Bonchev–Trinajstić information content (AvgIpc) is 2.77. The van der Waals surface area contributed by atoms with Crippen molar-refractivity contribution in [1.29, 1.82) is 0 Å². The lowest BCUT2D eigenvalue weighted by atomic mass is 9.94. The van der Waals surface area contributed by atoms with Crippen LogP contribution in [0.3, 0.4) is 0 Å². The molecule has 2 rings (SSSR count). The van der Waals surface area contributed by atoms with Crippen LogP contribution < -0.4 is 11.1 Å². The van der Waals surface area contributed by atoms with Gasteiger partial charge in [-0.25, -0.2) is 8.42 Å². The monoisotopic (exact) mass is 304 g/mol. The van der Waals surface area contributed by atoms with E-state index in [-0.39, 0.29) is 29.4 Å². The zero-order valence-electron chi connectivity index (χ0n) is 11.7. The molecule has 2 fully saturated rings. The lowest BCUT2D eigenvalue weighted by Gasteiger charge is -2.26. The largest absolute Gasteiger partial charge is 0.376 e. The SMILES string of the molecule is NC1CCC(OCCNC(=O)C2CCS(=O)(=O)C2)CC1. The van der Waals surface area contributed by atoms with Gasteiger partial charge in [-0.15, -0.1) is 0 Å². The molecule has 0 aromatic heterocycles. The van der Waals surface area contributed by atoms with Gasteiger partial charge in [0.25, 0.3) is 0 Å². The number of amides is 1. The number of hydrogen-bond acceptors (Lipinski definition) is 5. The van der Waals surface area contributed by atoms with Gasteiger partial charge in [-0.2, -0.15) is 0 Å². The summed E-state index contributed by atoms with van der Waals surface area (Å²) in [5.74, 6) is -0.433. The topological polar surface area (TPSA) is 98.5 Å². The first-order valence-corrected chi connectivity index (χ1v) is 9.14. The van der Waals surface area contributed by atoms with Gasteiger partial charge in [0, 0.05) is 12.6 Å². The summed E-state index contributed by atoms with van der Waals surface area (Å²) in [6, 6.07) is 0.305. The summed E-state index contributed by atoms with van der Waals surface area (Å²) in [6.07, 6.45) is 4.65. The summed E-state index contributed by atoms with van der Waals surface area (Å²) in [5, 5.41) is 2.76. The Hall–Kier alpha value is -0.660. The van der Waals surface area contributed by atoms with Crippen molar-refractivity contribution in [3.05, 3.63) is 0 Å². The van der Waals surface area contributed by atoms with E-state index in [1.165, 1.54) is 0 Å². The molecule has 0 radical (unpaired) electrons. The Balaban J connectivity index is 1.58. The second kappa shape index (κ2) is 6.87. The van der Waals surface area contributed by atoms with Gasteiger partial charge in [-0.1, -0.05) is 0 Å². The number of carbonyl (C=O) groups is 1. The van der Waals surface area contributed by atoms with Gasteiger partial charge in [0.15, 0.2) is 9.84 Å². The maximum atomic E-state index is 11.8. The number of ether oxygens (including phenoxy) is 1. The minimum Gasteiger partial charge on any atom is -0.376 e. The molecular formula is C13H24N2O4S. The third-order valence-electron chi connectivity index (χ3n) is 4.08. The molecule has 116 valence electrons. The molecule has 1 saturated carbocycles. The molecule has 6 nitrogen and oxygen atoms in total. The second-order valence-electron chi connectivity index (χ2n) is 5.80. The number of carbonyl (C=O) groups excluding carboxylic acids is 1. The molecule has 1 amide bonds. The van der Waals surface area contributed by atoms with Crippen molar-refractivity contribution in [3.8, 4) is 0 Å². The maximum Gasteiger partial charge on any atom is 0.224 e. The predicted molar refractivity (Wildman–Crippen MR) is 76.0 cm³/mol. The number of rotatable bonds is 5. The third-order valence-corrected chi connectivity index (χ3v) is 5.84. The molecule has 0 spiro atoms. The molecular weight excluding hydrogens is 280 g/mol.